The molecule has 0 saturated heterocycles. The number of nitrogens with two attached hydrogens (primary N) is 1. The van der Waals surface area contributed by atoms with Crippen LogP contribution >= 0.6 is 0 Å². The zero-order valence-corrected chi connectivity index (χ0v) is 11.2. The summed E-state index contributed by atoms with van der Waals surface area (Å²) in [6, 6.07) is 3.69. The van der Waals surface area contributed by atoms with Gasteiger partial charge in [0.25, 0.3) is 0 Å². The highest BCUT2D eigenvalue weighted by Crippen LogP contribution is 2.31. The summed E-state index contributed by atoms with van der Waals surface area (Å²) in [5.41, 5.74) is 5.94. The summed E-state index contributed by atoms with van der Waals surface area (Å²) in [6.45, 7) is 2.61. The molecule has 3 N–H and O–H groups in total. The van der Waals surface area contributed by atoms with Crippen LogP contribution in [0.2, 0.25) is 0 Å². The van der Waals surface area contributed by atoms with Crippen molar-refractivity contribution in [2.24, 2.45) is 5.73 Å². The topological polar surface area (TPSA) is 81.4 Å². The molecule has 7 heteroatoms. The van der Waals surface area contributed by atoms with Crippen LogP contribution in [0.4, 0.5) is 14.5 Å². The second-order valence-corrected chi connectivity index (χ2v) is 4.12. The van der Waals surface area contributed by atoms with E-state index in [0.717, 1.165) is 0 Å². The molecule has 0 spiro atoms. The number of hydrogen-bond donors (Lipinski definition) is 2. The van der Waals surface area contributed by atoms with Crippen molar-refractivity contribution in [3.8, 4) is 0 Å². The average Bonchev–Trinajstić information content (AvgIpc) is 2.38. The molecule has 1 aromatic carbocycles. The third-order valence-corrected chi connectivity index (χ3v) is 2.53. The van der Waals surface area contributed by atoms with Gasteiger partial charge in [-0.3, -0.25) is 4.79 Å². The van der Waals surface area contributed by atoms with E-state index in [4.69, 9.17) is 5.73 Å². The quantitative estimate of drug-likeness (QED) is 0.809. The summed E-state index contributed by atoms with van der Waals surface area (Å²) in [6.07, 6.45) is 0. The Morgan fingerprint density at radius 1 is 1.35 bits per heavy atom. The zero-order chi connectivity index (χ0) is 15.3. The highest BCUT2D eigenvalue weighted by atomic mass is 19.3. The van der Waals surface area contributed by atoms with Crippen LogP contribution in [-0.4, -0.2) is 24.4 Å². The fourth-order valence-electron chi connectivity index (χ4n) is 1.54. The molecule has 0 unspecified atom stereocenters. The van der Waals surface area contributed by atoms with Gasteiger partial charge in [-0.25, -0.2) is 4.79 Å². The summed E-state index contributed by atoms with van der Waals surface area (Å²) in [4.78, 5) is 22.0. The summed E-state index contributed by atoms with van der Waals surface area (Å²) < 4.78 is 31.7. The molecule has 0 saturated carbocycles. The Balaban J connectivity index is 2.88. The fourth-order valence-corrected chi connectivity index (χ4v) is 1.54. The normalized spacial score (nSPS) is 12.7. The van der Waals surface area contributed by atoms with Crippen molar-refractivity contribution in [2.75, 3.05) is 11.9 Å². The molecule has 0 aliphatic carbocycles. The SMILES string of the molecule is CCOC(=O)C(F)(F)[C@H](N)c1ccc(NC(C)=O)cc1. The number of esters is 1. The first-order chi connectivity index (χ1) is 9.28. The second kappa shape index (κ2) is 6.42. The van der Waals surface area contributed by atoms with E-state index in [2.05, 4.69) is 10.1 Å². The Bertz CT molecular complexity index is 489. The summed E-state index contributed by atoms with van der Waals surface area (Å²) in [7, 11) is 0. The molecule has 1 rings (SSSR count). The molecule has 0 aromatic heterocycles. The molecule has 0 bridgehead atoms. The van der Waals surface area contributed by atoms with E-state index in [1.807, 2.05) is 0 Å². The van der Waals surface area contributed by atoms with E-state index in [9.17, 15) is 18.4 Å². The number of ether oxygens (including phenoxy) is 1. The molecule has 20 heavy (non-hydrogen) atoms. The van der Waals surface area contributed by atoms with Crippen LogP contribution in [0.5, 0.6) is 0 Å². The van der Waals surface area contributed by atoms with Crippen molar-refractivity contribution in [1.82, 2.24) is 0 Å². The lowest BCUT2D eigenvalue weighted by Gasteiger charge is -2.22. The van der Waals surface area contributed by atoms with Crippen molar-refractivity contribution in [2.45, 2.75) is 25.8 Å². The van der Waals surface area contributed by atoms with Gasteiger partial charge in [-0.05, 0) is 24.6 Å². The number of halogens is 2. The van der Waals surface area contributed by atoms with Gasteiger partial charge in [-0.15, -0.1) is 0 Å². The third-order valence-electron chi connectivity index (χ3n) is 2.53. The Morgan fingerprint density at radius 3 is 2.35 bits per heavy atom. The van der Waals surface area contributed by atoms with Crippen LogP contribution < -0.4 is 11.1 Å². The number of anilines is 1. The number of amides is 1. The highest BCUT2D eigenvalue weighted by molar-refractivity contribution is 5.88. The first kappa shape index (κ1) is 16.0. The zero-order valence-electron chi connectivity index (χ0n) is 11.2. The van der Waals surface area contributed by atoms with E-state index in [0.29, 0.717) is 5.69 Å². The molecular weight excluding hydrogens is 270 g/mol. The first-order valence-corrected chi connectivity index (χ1v) is 5.97. The van der Waals surface area contributed by atoms with E-state index in [-0.39, 0.29) is 18.1 Å². The molecule has 1 atom stereocenters. The lowest BCUT2D eigenvalue weighted by atomic mass is 10.0. The van der Waals surface area contributed by atoms with Crippen molar-refractivity contribution >= 4 is 17.6 Å². The number of rotatable bonds is 5. The standard InChI is InChI=1S/C13H16F2N2O3/c1-3-20-12(19)13(14,15)11(16)9-4-6-10(7-5-9)17-8(2)18/h4-7,11H,3,16H2,1-2H3,(H,17,18)/t11-/m1/s1. The minimum Gasteiger partial charge on any atom is -0.462 e. The average molecular weight is 286 g/mol. The Morgan fingerprint density at radius 2 is 1.90 bits per heavy atom. The van der Waals surface area contributed by atoms with Gasteiger partial charge >= 0.3 is 11.9 Å². The van der Waals surface area contributed by atoms with Gasteiger partial charge in [0.05, 0.1) is 6.61 Å². The molecule has 0 fully saturated rings. The minimum atomic E-state index is -3.81. The molecule has 1 aromatic rings. The van der Waals surface area contributed by atoms with E-state index in [1.165, 1.54) is 38.1 Å². The number of alkyl halides is 2. The van der Waals surface area contributed by atoms with Gasteiger partial charge in [0.15, 0.2) is 0 Å². The predicted octanol–water partition coefficient (Wildman–Crippen LogP) is 1.84. The molecule has 0 aliphatic rings. The minimum absolute atomic E-state index is 0.0668. The Labute approximate surface area is 115 Å². The maximum Gasteiger partial charge on any atom is 0.379 e. The van der Waals surface area contributed by atoms with E-state index < -0.39 is 17.9 Å². The summed E-state index contributed by atoms with van der Waals surface area (Å²) in [5.74, 6) is -5.75. The fraction of sp³-hybridized carbons (Fsp3) is 0.385. The number of benzene rings is 1. The van der Waals surface area contributed by atoms with Crippen molar-refractivity contribution < 1.29 is 23.1 Å². The van der Waals surface area contributed by atoms with Gasteiger partial charge < -0.3 is 15.8 Å². The molecule has 0 heterocycles. The summed E-state index contributed by atoms with van der Waals surface area (Å²) in [5, 5.41) is 2.49. The number of hydrogen-bond acceptors (Lipinski definition) is 4. The van der Waals surface area contributed by atoms with Gasteiger partial charge in [-0.1, -0.05) is 12.1 Å². The summed E-state index contributed by atoms with van der Waals surface area (Å²) >= 11 is 0. The highest BCUT2D eigenvalue weighted by Gasteiger charge is 2.47. The lowest BCUT2D eigenvalue weighted by Crippen LogP contribution is -2.41. The van der Waals surface area contributed by atoms with Crippen molar-refractivity contribution in [1.29, 1.82) is 0 Å². The van der Waals surface area contributed by atoms with Crippen LogP contribution in [0.3, 0.4) is 0 Å². The van der Waals surface area contributed by atoms with Crippen LogP contribution in [0.25, 0.3) is 0 Å². The predicted molar refractivity (Wildman–Crippen MR) is 69.3 cm³/mol. The number of carbonyl (C=O) groups is 2. The van der Waals surface area contributed by atoms with E-state index >= 15 is 0 Å². The van der Waals surface area contributed by atoms with Gasteiger partial charge in [0.1, 0.15) is 6.04 Å². The maximum atomic E-state index is 13.7. The van der Waals surface area contributed by atoms with Crippen LogP contribution in [0, 0.1) is 0 Å². The number of carbonyl (C=O) groups excluding carboxylic acids is 2. The molecule has 0 aliphatic heterocycles. The van der Waals surface area contributed by atoms with Crippen molar-refractivity contribution in [3.05, 3.63) is 29.8 Å². The molecule has 5 nitrogen and oxygen atoms in total. The maximum absolute atomic E-state index is 13.7. The van der Waals surface area contributed by atoms with Crippen LogP contribution in [0.15, 0.2) is 24.3 Å². The van der Waals surface area contributed by atoms with Gasteiger partial charge in [-0.2, -0.15) is 8.78 Å². The van der Waals surface area contributed by atoms with Crippen molar-refractivity contribution in [3.63, 3.8) is 0 Å². The molecule has 110 valence electrons. The van der Waals surface area contributed by atoms with Gasteiger partial charge in [0, 0.05) is 12.6 Å². The molecular formula is C13H16F2N2O3. The van der Waals surface area contributed by atoms with E-state index in [1.54, 1.807) is 0 Å². The Kier molecular flexibility index (Phi) is 5.15. The Hall–Kier alpha value is -2.02. The molecule has 0 radical (unpaired) electrons. The first-order valence-electron chi connectivity index (χ1n) is 5.97. The molecule has 1 amide bonds. The van der Waals surface area contributed by atoms with Crippen LogP contribution in [-0.2, 0) is 14.3 Å². The van der Waals surface area contributed by atoms with Gasteiger partial charge in [0.2, 0.25) is 5.91 Å². The number of nitrogens with one attached hydrogen (secondary N) is 1. The second-order valence-electron chi connectivity index (χ2n) is 4.12. The third kappa shape index (κ3) is 3.74. The van der Waals surface area contributed by atoms with Crippen LogP contribution in [0.1, 0.15) is 25.5 Å². The lowest BCUT2D eigenvalue weighted by molar-refractivity contribution is -0.174. The largest absolute Gasteiger partial charge is 0.462 e. The smallest absolute Gasteiger partial charge is 0.379 e. The monoisotopic (exact) mass is 286 g/mol.